The number of nitrogens with one attached hydrogen (secondary N) is 2. The summed E-state index contributed by atoms with van der Waals surface area (Å²) in [5.74, 6) is 0.124. The second-order valence-electron chi connectivity index (χ2n) is 7.01. The summed E-state index contributed by atoms with van der Waals surface area (Å²) in [7, 11) is 0. The molecule has 2 aliphatic rings. The van der Waals surface area contributed by atoms with Crippen molar-refractivity contribution in [2.24, 2.45) is 0 Å². The molecular formula is C19H23N3O2. The Balaban J connectivity index is 1.47. The molecule has 1 aliphatic carbocycles. The van der Waals surface area contributed by atoms with Crippen LogP contribution < -0.4 is 10.9 Å². The van der Waals surface area contributed by atoms with Crippen LogP contribution in [0, 0.1) is 0 Å². The molecule has 2 heterocycles. The molecule has 2 fully saturated rings. The van der Waals surface area contributed by atoms with Crippen LogP contribution in [-0.2, 0) is 10.2 Å². The molecule has 0 radical (unpaired) electrons. The predicted molar refractivity (Wildman–Crippen MR) is 94.2 cm³/mol. The van der Waals surface area contributed by atoms with E-state index >= 15 is 0 Å². The number of nitrogens with zero attached hydrogens (tertiary/aromatic N) is 1. The number of hydrogen-bond donors (Lipinski definition) is 2. The highest BCUT2D eigenvalue weighted by atomic mass is 16.2. The maximum absolute atomic E-state index is 12.7. The first-order valence-electron chi connectivity index (χ1n) is 8.82. The van der Waals surface area contributed by atoms with E-state index in [0.717, 1.165) is 48.9 Å². The van der Waals surface area contributed by atoms with Gasteiger partial charge in [-0.1, -0.05) is 12.1 Å². The SMILES string of the molecule is O=C(NCCN1CCCC1)C1(c2ccc3ccc(=O)[nH]c3c2)CC1. The molecule has 1 aliphatic heterocycles. The van der Waals surface area contributed by atoms with Gasteiger partial charge in [0.15, 0.2) is 0 Å². The van der Waals surface area contributed by atoms with Crippen LogP contribution in [0.15, 0.2) is 35.1 Å². The maximum atomic E-state index is 12.7. The molecule has 0 bridgehead atoms. The van der Waals surface area contributed by atoms with E-state index in [2.05, 4.69) is 15.2 Å². The Morgan fingerprint density at radius 3 is 2.67 bits per heavy atom. The summed E-state index contributed by atoms with van der Waals surface area (Å²) in [5.41, 5.74) is 1.30. The Morgan fingerprint density at radius 2 is 1.92 bits per heavy atom. The maximum Gasteiger partial charge on any atom is 0.248 e. The lowest BCUT2D eigenvalue weighted by atomic mass is 9.94. The van der Waals surface area contributed by atoms with E-state index in [1.165, 1.54) is 18.9 Å². The molecule has 4 rings (SSSR count). The van der Waals surface area contributed by atoms with Crippen molar-refractivity contribution in [1.82, 2.24) is 15.2 Å². The Bertz CT molecular complexity index is 817. The second-order valence-corrected chi connectivity index (χ2v) is 7.01. The van der Waals surface area contributed by atoms with Gasteiger partial charge in [0.05, 0.1) is 5.41 Å². The number of pyridine rings is 1. The third-order valence-corrected chi connectivity index (χ3v) is 5.37. The number of hydrogen-bond acceptors (Lipinski definition) is 3. The zero-order valence-corrected chi connectivity index (χ0v) is 13.8. The summed E-state index contributed by atoms with van der Waals surface area (Å²) in [5, 5.41) is 4.11. The van der Waals surface area contributed by atoms with Crippen LogP contribution in [0.2, 0.25) is 0 Å². The van der Waals surface area contributed by atoms with Gasteiger partial charge in [-0.25, -0.2) is 0 Å². The largest absolute Gasteiger partial charge is 0.354 e. The first kappa shape index (κ1) is 15.4. The van der Waals surface area contributed by atoms with E-state index in [0.29, 0.717) is 6.54 Å². The predicted octanol–water partition coefficient (Wildman–Crippen LogP) is 1.77. The van der Waals surface area contributed by atoms with E-state index in [9.17, 15) is 9.59 Å². The molecule has 1 aromatic carbocycles. The molecule has 5 heteroatoms. The zero-order chi connectivity index (χ0) is 16.6. The molecule has 1 aromatic heterocycles. The molecule has 126 valence electrons. The number of rotatable bonds is 5. The Kier molecular flexibility index (Phi) is 3.88. The van der Waals surface area contributed by atoms with Crippen molar-refractivity contribution in [1.29, 1.82) is 0 Å². The van der Waals surface area contributed by atoms with E-state index in [4.69, 9.17) is 0 Å². The smallest absolute Gasteiger partial charge is 0.248 e. The van der Waals surface area contributed by atoms with Crippen molar-refractivity contribution in [3.63, 3.8) is 0 Å². The molecule has 0 atom stereocenters. The first-order chi connectivity index (χ1) is 11.7. The van der Waals surface area contributed by atoms with Gasteiger partial charge in [0.25, 0.3) is 0 Å². The molecule has 24 heavy (non-hydrogen) atoms. The van der Waals surface area contributed by atoms with Crippen molar-refractivity contribution < 1.29 is 4.79 Å². The monoisotopic (exact) mass is 325 g/mol. The minimum absolute atomic E-state index is 0.112. The van der Waals surface area contributed by atoms with Gasteiger partial charge >= 0.3 is 0 Å². The van der Waals surface area contributed by atoms with E-state index in [-0.39, 0.29) is 11.5 Å². The van der Waals surface area contributed by atoms with E-state index < -0.39 is 5.41 Å². The molecule has 2 N–H and O–H groups in total. The molecule has 0 spiro atoms. The summed E-state index contributed by atoms with van der Waals surface area (Å²) in [6.07, 6.45) is 4.30. The highest BCUT2D eigenvalue weighted by Gasteiger charge is 2.51. The van der Waals surface area contributed by atoms with Gasteiger partial charge in [0.1, 0.15) is 0 Å². The number of amides is 1. The lowest BCUT2D eigenvalue weighted by Crippen LogP contribution is -2.39. The standard InChI is InChI=1S/C19H23N3O2/c23-17-6-4-14-3-5-15(13-16(14)21-17)19(7-8-19)18(24)20-9-12-22-10-1-2-11-22/h3-6,13H,1-2,7-12H2,(H,20,24)(H,21,23). The molecule has 1 amide bonds. The fraction of sp³-hybridized carbons (Fsp3) is 0.474. The van der Waals surface area contributed by atoms with Gasteiger partial charge in [0.2, 0.25) is 11.5 Å². The summed E-state index contributed by atoms with van der Waals surface area (Å²) in [6, 6.07) is 9.31. The number of aromatic amines is 1. The molecule has 2 aromatic rings. The first-order valence-corrected chi connectivity index (χ1v) is 8.82. The Morgan fingerprint density at radius 1 is 1.17 bits per heavy atom. The normalized spacial score (nSPS) is 19.5. The minimum Gasteiger partial charge on any atom is -0.354 e. The highest BCUT2D eigenvalue weighted by molar-refractivity contribution is 5.92. The zero-order valence-electron chi connectivity index (χ0n) is 13.8. The second kappa shape index (κ2) is 6.06. The summed E-state index contributed by atoms with van der Waals surface area (Å²) in [6.45, 7) is 3.95. The van der Waals surface area contributed by atoms with E-state index in [1.54, 1.807) is 0 Å². The fourth-order valence-corrected chi connectivity index (χ4v) is 3.72. The molecular weight excluding hydrogens is 302 g/mol. The summed E-state index contributed by atoms with van der Waals surface area (Å²) in [4.78, 5) is 29.5. The van der Waals surface area contributed by atoms with Crippen molar-refractivity contribution in [2.45, 2.75) is 31.1 Å². The van der Waals surface area contributed by atoms with Gasteiger partial charge in [-0.2, -0.15) is 0 Å². The summed E-state index contributed by atoms with van der Waals surface area (Å²) >= 11 is 0. The van der Waals surface area contributed by atoms with Gasteiger partial charge < -0.3 is 15.2 Å². The van der Waals surface area contributed by atoms with Gasteiger partial charge in [-0.15, -0.1) is 0 Å². The highest BCUT2D eigenvalue weighted by Crippen LogP contribution is 2.48. The van der Waals surface area contributed by atoms with Crippen LogP contribution in [0.5, 0.6) is 0 Å². The van der Waals surface area contributed by atoms with Gasteiger partial charge in [0, 0.05) is 24.7 Å². The number of H-pyrrole nitrogens is 1. The quantitative estimate of drug-likeness (QED) is 0.880. The molecule has 5 nitrogen and oxygen atoms in total. The van der Waals surface area contributed by atoms with Gasteiger partial charge in [-0.3, -0.25) is 9.59 Å². The van der Waals surface area contributed by atoms with Crippen molar-refractivity contribution >= 4 is 16.8 Å². The third-order valence-electron chi connectivity index (χ3n) is 5.37. The van der Waals surface area contributed by atoms with Crippen LogP contribution in [0.25, 0.3) is 10.9 Å². The number of fused-ring (bicyclic) bond motifs is 1. The third kappa shape index (κ3) is 2.84. The van der Waals surface area contributed by atoms with Crippen LogP contribution in [0.3, 0.4) is 0 Å². The van der Waals surface area contributed by atoms with Gasteiger partial charge in [-0.05, 0) is 61.9 Å². The Labute approximate surface area is 141 Å². The van der Waals surface area contributed by atoms with Crippen molar-refractivity contribution in [3.8, 4) is 0 Å². The Hall–Kier alpha value is -2.14. The van der Waals surface area contributed by atoms with Crippen LogP contribution >= 0.6 is 0 Å². The van der Waals surface area contributed by atoms with Crippen LogP contribution in [0.1, 0.15) is 31.2 Å². The average Bonchev–Trinajstić information content (AvgIpc) is 3.24. The minimum atomic E-state index is -0.397. The number of benzene rings is 1. The summed E-state index contributed by atoms with van der Waals surface area (Å²) < 4.78 is 0. The molecule has 1 saturated heterocycles. The van der Waals surface area contributed by atoms with Crippen molar-refractivity contribution in [2.75, 3.05) is 26.2 Å². The van der Waals surface area contributed by atoms with Crippen molar-refractivity contribution in [3.05, 3.63) is 46.2 Å². The molecule has 0 unspecified atom stereocenters. The number of carbonyl (C=O) groups excluding carboxylic acids is 1. The topological polar surface area (TPSA) is 65.2 Å². The molecule has 1 saturated carbocycles. The number of carbonyl (C=O) groups is 1. The average molecular weight is 325 g/mol. The number of aromatic nitrogens is 1. The van der Waals surface area contributed by atoms with E-state index in [1.807, 2.05) is 24.3 Å². The number of likely N-dealkylation sites (tertiary alicyclic amines) is 1. The van der Waals surface area contributed by atoms with Crippen LogP contribution in [-0.4, -0.2) is 42.0 Å². The lowest BCUT2D eigenvalue weighted by Gasteiger charge is -2.19. The lowest BCUT2D eigenvalue weighted by molar-refractivity contribution is -0.123. The fourth-order valence-electron chi connectivity index (χ4n) is 3.72. The van der Waals surface area contributed by atoms with Crippen LogP contribution in [0.4, 0.5) is 0 Å².